The lowest BCUT2D eigenvalue weighted by Crippen LogP contribution is -2.40. The number of hydrogen-bond acceptors (Lipinski definition) is 6. The van der Waals surface area contributed by atoms with Gasteiger partial charge in [-0.05, 0) is 26.8 Å². The molecule has 2 saturated heterocycles. The van der Waals surface area contributed by atoms with Gasteiger partial charge < -0.3 is 18.9 Å². The Kier molecular flexibility index (Phi) is 3.81. The smallest absolute Gasteiger partial charge is 0.257 e. The summed E-state index contributed by atoms with van der Waals surface area (Å²) in [6, 6.07) is 0. The van der Waals surface area contributed by atoms with Gasteiger partial charge in [-0.1, -0.05) is 5.16 Å². The van der Waals surface area contributed by atoms with E-state index in [1.807, 2.05) is 0 Å². The minimum atomic E-state index is -0.102. The van der Waals surface area contributed by atoms with E-state index in [0.29, 0.717) is 11.8 Å². The Balaban J connectivity index is 1.69. The molecule has 6 nitrogen and oxygen atoms in total. The number of aromatic nitrogens is 2. The predicted octanol–water partition coefficient (Wildman–Crippen LogP) is 1.36. The summed E-state index contributed by atoms with van der Waals surface area (Å²) < 4.78 is 16.6. The Morgan fingerprint density at radius 1 is 1.21 bits per heavy atom. The summed E-state index contributed by atoms with van der Waals surface area (Å²) in [6.45, 7) is 5.39. The molecule has 0 N–H and O–H groups in total. The quantitative estimate of drug-likeness (QED) is 0.806. The molecule has 0 spiro atoms. The highest BCUT2D eigenvalue weighted by Gasteiger charge is 2.30. The van der Waals surface area contributed by atoms with Gasteiger partial charge in [0, 0.05) is 32.2 Å². The lowest BCUT2D eigenvalue weighted by atomic mass is 10.00. The minimum absolute atomic E-state index is 0.102. The van der Waals surface area contributed by atoms with Crippen molar-refractivity contribution in [2.24, 2.45) is 0 Å². The van der Waals surface area contributed by atoms with Gasteiger partial charge in [0.15, 0.2) is 5.82 Å². The lowest BCUT2D eigenvalue weighted by molar-refractivity contribution is -0.0838. The molecule has 0 amide bonds. The number of hydrogen-bond donors (Lipinski definition) is 0. The van der Waals surface area contributed by atoms with Gasteiger partial charge in [0.2, 0.25) is 0 Å². The van der Waals surface area contributed by atoms with Crippen molar-refractivity contribution in [2.75, 3.05) is 33.4 Å². The Bertz CT molecular complexity index is 407. The van der Waals surface area contributed by atoms with Crippen molar-refractivity contribution in [3.8, 4) is 0 Å². The number of rotatable bonds is 2. The first-order chi connectivity index (χ1) is 9.22. The van der Waals surface area contributed by atoms with Gasteiger partial charge in [0.25, 0.3) is 5.89 Å². The Morgan fingerprint density at radius 3 is 2.74 bits per heavy atom. The molecule has 1 aromatic rings. The number of morpholine rings is 1. The SMILES string of the molecule is C[C@@H]1CN(C)C[C@H](c2nc(C3CCOCC3)no2)O1. The Hall–Kier alpha value is -0.980. The fourth-order valence-electron chi connectivity index (χ4n) is 2.80. The average molecular weight is 267 g/mol. The Morgan fingerprint density at radius 2 is 2.00 bits per heavy atom. The van der Waals surface area contributed by atoms with Crippen LogP contribution in [0.2, 0.25) is 0 Å². The van der Waals surface area contributed by atoms with Crippen LogP contribution in [0.25, 0.3) is 0 Å². The minimum Gasteiger partial charge on any atom is -0.381 e. The van der Waals surface area contributed by atoms with Crippen molar-refractivity contribution in [3.63, 3.8) is 0 Å². The molecule has 0 aromatic carbocycles. The van der Waals surface area contributed by atoms with Crippen molar-refractivity contribution in [3.05, 3.63) is 11.7 Å². The standard InChI is InChI=1S/C13H21N3O3/c1-9-7-16(2)8-11(18-9)13-14-12(15-19-13)10-3-5-17-6-4-10/h9-11H,3-8H2,1-2H3/t9-,11-/m1/s1. The van der Waals surface area contributed by atoms with Crippen LogP contribution in [0, 0.1) is 0 Å². The zero-order chi connectivity index (χ0) is 13.2. The zero-order valence-electron chi connectivity index (χ0n) is 11.5. The monoisotopic (exact) mass is 267 g/mol. The summed E-state index contributed by atoms with van der Waals surface area (Å²) in [7, 11) is 2.09. The molecule has 0 radical (unpaired) electrons. The molecular formula is C13H21N3O3. The van der Waals surface area contributed by atoms with E-state index in [0.717, 1.165) is 45.0 Å². The van der Waals surface area contributed by atoms with Crippen LogP contribution in [0.5, 0.6) is 0 Å². The molecule has 106 valence electrons. The molecule has 19 heavy (non-hydrogen) atoms. The molecule has 2 fully saturated rings. The lowest BCUT2D eigenvalue weighted by Gasteiger charge is -2.32. The molecule has 2 aliphatic heterocycles. The van der Waals surface area contributed by atoms with E-state index < -0.39 is 0 Å². The average Bonchev–Trinajstić information content (AvgIpc) is 2.88. The van der Waals surface area contributed by atoms with Crippen LogP contribution < -0.4 is 0 Å². The first-order valence-corrected chi connectivity index (χ1v) is 6.97. The van der Waals surface area contributed by atoms with Crippen molar-refractivity contribution < 1.29 is 14.0 Å². The first kappa shape index (κ1) is 13.0. The summed E-state index contributed by atoms with van der Waals surface area (Å²) in [4.78, 5) is 6.77. The first-order valence-electron chi connectivity index (χ1n) is 6.97. The third-order valence-electron chi connectivity index (χ3n) is 3.76. The van der Waals surface area contributed by atoms with E-state index in [4.69, 9.17) is 14.0 Å². The molecule has 0 aliphatic carbocycles. The highest BCUT2D eigenvalue weighted by atomic mass is 16.5. The molecule has 1 aromatic heterocycles. The van der Waals surface area contributed by atoms with Crippen LogP contribution in [-0.4, -0.2) is 54.5 Å². The summed E-state index contributed by atoms with van der Waals surface area (Å²) in [5.41, 5.74) is 0. The van der Waals surface area contributed by atoms with Crippen LogP contribution in [0.1, 0.15) is 43.5 Å². The van der Waals surface area contributed by atoms with Crippen LogP contribution >= 0.6 is 0 Å². The van der Waals surface area contributed by atoms with Gasteiger partial charge in [-0.2, -0.15) is 4.98 Å². The fourth-order valence-corrected chi connectivity index (χ4v) is 2.80. The Labute approximate surface area is 113 Å². The van der Waals surface area contributed by atoms with E-state index in [9.17, 15) is 0 Å². The van der Waals surface area contributed by atoms with E-state index in [1.54, 1.807) is 0 Å². The van der Waals surface area contributed by atoms with Crippen molar-refractivity contribution in [1.29, 1.82) is 0 Å². The van der Waals surface area contributed by atoms with Gasteiger partial charge in [-0.15, -0.1) is 0 Å². The number of nitrogens with zero attached hydrogens (tertiary/aromatic N) is 3. The van der Waals surface area contributed by atoms with Crippen molar-refractivity contribution >= 4 is 0 Å². The largest absolute Gasteiger partial charge is 0.381 e. The van der Waals surface area contributed by atoms with E-state index >= 15 is 0 Å². The summed E-state index contributed by atoms with van der Waals surface area (Å²) in [6.07, 6.45) is 2.04. The normalized spacial score (nSPS) is 30.6. The highest BCUT2D eigenvalue weighted by Crippen LogP contribution is 2.28. The van der Waals surface area contributed by atoms with Gasteiger partial charge in [-0.25, -0.2) is 0 Å². The maximum atomic E-state index is 5.88. The molecule has 6 heteroatoms. The fraction of sp³-hybridized carbons (Fsp3) is 0.846. The molecule has 0 saturated carbocycles. The molecule has 3 rings (SSSR count). The summed E-state index contributed by atoms with van der Waals surface area (Å²) in [5.74, 6) is 1.78. The summed E-state index contributed by atoms with van der Waals surface area (Å²) >= 11 is 0. The van der Waals surface area contributed by atoms with Gasteiger partial charge in [0.05, 0.1) is 6.10 Å². The maximum absolute atomic E-state index is 5.88. The second-order valence-electron chi connectivity index (χ2n) is 5.53. The molecule has 0 unspecified atom stereocenters. The molecule has 2 aliphatic rings. The van der Waals surface area contributed by atoms with Crippen LogP contribution in [0.4, 0.5) is 0 Å². The van der Waals surface area contributed by atoms with Gasteiger partial charge >= 0.3 is 0 Å². The predicted molar refractivity (Wildman–Crippen MR) is 67.9 cm³/mol. The summed E-state index contributed by atoms with van der Waals surface area (Å²) in [5, 5.41) is 4.12. The number of likely N-dealkylation sites (N-methyl/N-ethyl adjacent to an activating group) is 1. The van der Waals surface area contributed by atoms with Crippen molar-refractivity contribution in [2.45, 2.75) is 37.9 Å². The van der Waals surface area contributed by atoms with Crippen LogP contribution in [0.15, 0.2) is 4.52 Å². The number of ether oxygens (including phenoxy) is 2. The molecule has 0 bridgehead atoms. The second-order valence-corrected chi connectivity index (χ2v) is 5.53. The third kappa shape index (κ3) is 2.96. The molecular weight excluding hydrogens is 246 g/mol. The van der Waals surface area contributed by atoms with E-state index in [-0.39, 0.29) is 12.2 Å². The zero-order valence-corrected chi connectivity index (χ0v) is 11.5. The van der Waals surface area contributed by atoms with E-state index in [1.165, 1.54) is 0 Å². The van der Waals surface area contributed by atoms with Gasteiger partial charge in [0.1, 0.15) is 6.10 Å². The van der Waals surface area contributed by atoms with Crippen molar-refractivity contribution in [1.82, 2.24) is 15.0 Å². The topological polar surface area (TPSA) is 60.6 Å². The highest BCUT2D eigenvalue weighted by molar-refractivity contribution is 4.99. The van der Waals surface area contributed by atoms with E-state index in [2.05, 4.69) is 29.0 Å². The molecule has 2 atom stereocenters. The third-order valence-corrected chi connectivity index (χ3v) is 3.76. The van der Waals surface area contributed by atoms with Gasteiger partial charge in [-0.3, -0.25) is 0 Å². The maximum Gasteiger partial charge on any atom is 0.257 e. The second kappa shape index (κ2) is 5.56. The van der Waals surface area contributed by atoms with Crippen LogP contribution in [0.3, 0.4) is 0 Å². The van der Waals surface area contributed by atoms with Crippen LogP contribution in [-0.2, 0) is 9.47 Å². The molecule has 3 heterocycles.